The van der Waals surface area contributed by atoms with Crippen molar-refractivity contribution in [3.63, 3.8) is 0 Å². The van der Waals surface area contributed by atoms with E-state index in [1.807, 2.05) is 15.9 Å². The van der Waals surface area contributed by atoms with Gasteiger partial charge in [-0.15, -0.1) is 0 Å². The normalized spacial score (nSPS) is 25.2. The number of carbonyl (C=O) groups excluding carboxylic acids is 2. The average Bonchev–Trinajstić information content (AvgIpc) is 3.31. The second-order valence-corrected chi connectivity index (χ2v) is 12.0. The topological polar surface area (TPSA) is 68.8 Å². The van der Waals surface area contributed by atoms with Gasteiger partial charge in [-0.1, -0.05) is 26.8 Å². The number of nitrogens with zero attached hydrogens (tertiary/aromatic N) is 4. The van der Waals surface area contributed by atoms with Crippen molar-refractivity contribution >= 4 is 17.5 Å². The van der Waals surface area contributed by atoms with E-state index < -0.39 is 11.6 Å². The molecule has 4 heterocycles. The third kappa shape index (κ3) is 5.45. The molecule has 7 nitrogen and oxygen atoms in total. The number of piperazine rings is 1. The van der Waals surface area contributed by atoms with E-state index in [0.29, 0.717) is 36.7 Å². The van der Waals surface area contributed by atoms with Gasteiger partial charge in [0, 0.05) is 86.6 Å². The van der Waals surface area contributed by atoms with Gasteiger partial charge in [-0.25, -0.2) is 8.78 Å². The molecule has 5 rings (SSSR count). The highest BCUT2D eigenvalue weighted by Crippen LogP contribution is 2.40. The van der Waals surface area contributed by atoms with Crippen LogP contribution in [0, 0.1) is 17.6 Å². The van der Waals surface area contributed by atoms with Crippen LogP contribution in [-0.2, 0) is 21.4 Å². The van der Waals surface area contributed by atoms with Crippen LogP contribution >= 0.6 is 0 Å². The number of nitrogens with one attached hydrogen (secondary N) is 1. The van der Waals surface area contributed by atoms with Gasteiger partial charge in [0.15, 0.2) is 0 Å². The maximum Gasteiger partial charge on any atom is 0.241 e. The number of aromatic nitrogens is 1. The van der Waals surface area contributed by atoms with E-state index in [-0.39, 0.29) is 42.3 Å². The van der Waals surface area contributed by atoms with Crippen molar-refractivity contribution in [3.8, 4) is 0 Å². The number of anilines is 1. The van der Waals surface area contributed by atoms with E-state index in [1.54, 1.807) is 6.20 Å². The summed E-state index contributed by atoms with van der Waals surface area (Å²) in [5.41, 5.74) is 2.50. The van der Waals surface area contributed by atoms with Crippen molar-refractivity contribution in [2.24, 2.45) is 5.92 Å². The molecule has 3 aliphatic heterocycles. The first-order valence-corrected chi connectivity index (χ1v) is 13.5. The van der Waals surface area contributed by atoms with Crippen LogP contribution < -0.4 is 10.2 Å². The van der Waals surface area contributed by atoms with Crippen LogP contribution in [0.5, 0.6) is 0 Å². The Balaban J connectivity index is 1.34. The molecule has 9 heteroatoms. The summed E-state index contributed by atoms with van der Waals surface area (Å²) in [5.74, 6) is -0.666. The third-order valence-corrected chi connectivity index (χ3v) is 8.10. The quantitative estimate of drug-likeness (QED) is 0.628. The lowest BCUT2D eigenvalue weighted by Gasteiger charge is -2.41. The molecule has 0 saturated carbocycles. The van der Waals surface area contributed by atoms with E-state index in [0.717, 1.165) is 37.0 Å². The number of likely N-dealkylation sites (tertiary alicyclic amines) is 1. The van der Waals surface area contributed by atoms with Crippen LogP contribution in [0.2, 0.25) is 0 Å². The molecular weight excluding hydrogens is 488 g/mol. The van der Waals surface area contributed by atoms with Crippen LogP contribution in [0.3, 0.4) is 0 Å². The lowest BCUT2D eigenvalue weighted by atomic mass is 9.88. The first-order valence-electron chi connectivity index (χ1n) is 13.5. The van der Waals surface area contributed by atoms with Gasteiger partial charge in [-0.2, -0.15) is 0 Å². The molecule has 3 aliphatic rings. The average molecular weight is 526 g/mol. The summed E-state index contributed by atoms with van der Waals surface area (Å²) in [7, 11) is 0. The van der Waals surface area contributed by atoms with Crippen molar-refractivity contribution in [2.75, 3.05) is 44.2 Å². The van der Waals surface area contributed by atoms with Crippen LogP contribution in [-0.4, -0.2) is 78.0 Å². The van der Waals surface area contributed by atoms with Crippen molar-refractivity contribution in [1.82, 2.24) is 20.1 Å². The first kappa shape index (κ1) is 26.7. The number of hydrogen-bond acceptors (Lipinski definition) is 5. The lowest BCUT2D eigenvalue weighted by molar-refractivity contribution is -0.128. The minimum absolute atomic E-state index is 0.00199. The molecule has 2 amide bonds. The monoisotopic (exact) mass is 525 g/mol. The maximum atomic E-state index is 14.3. The van der Waals surface area contributed by atoms with E-state index in [2.05, 4.69) is 42.9 Å². The number of carbonyl (C=O) groups is 2. The Labute approximate surface area is 223 Å². The number of hydrogen-bond donors (Lipinski definition) is 1. The number of amides is 2. The Morgan fingerprint density at radius 3 is 2.68 bits per heavy atom. The van der Waals surface area contributed by atoms with Crippen LogP contribution in [0.4, 0.5) is 14.5 Å². The maximum absolute atomic E-state index is 14.3. The Hall–Kier alpha value is -2.91. The zero-order valence-corrected chi connectivity index (χ0v) is 22.6. The molecule has 0 bridgehead atoms. The lowest BCUT2D eigenvalue weighted by Crippen LogP contribution is -2.61. The molecule has 2 aromatic rings. The van der Waals surface area contributed by atoms with Gasteiger partial charge in [-0.3, -0.25) is 19.5 Å². The van der Waals surface area contributed by atoms with Gasteiger partial charge in [-0.05, 0) is 30.5 Å². The molecule has 0 spiro atoms. The standard InChI is InChI=1S/C29H37F2N5O2/c1-18-7-27(37)35(13-18)15-23-11-32-19(2)14-34(23)16-28(38)36-17-29(3,4)24-12-33-22(10-26(24)36)8-20-5-6-21(30)9-25(20)31/h5-6,9-10,12,18-19,23,32H,7-8,11,13-17H2,1-4H3/t18-,19-,23-/m1/s1. The van der Waals surface area contributed by atoms with E-state index in [4.69, 9.17) is 0 Å². The summed E-state index contributed by atoms with van der Waals surface area (Å²) in [4.78, 5) is 36.8. The summed E-state index contributed by atoms with van der Waals surface area (Å²) >= 11 is 0. The summed E-state index contributed by atoms with van der Waals surface area (Å²) < 4.78 is 27.6. The Bertz CT molecular complexity index is 1240. The van der Waals surface area contributed by atoms with Gasteiger partial charge in [0.1, 0.15) is 11.6 Å². The number of benzene rings is 1. The molecule has 2 fully saturated rings. The van der Waals surface area contributed by atoms with Crippen LogP contribution in [0.15, 0.2) is 30.5 Å². The highest BCUT2D eigenvalue weighted by atomic mass is 19.1. The number of rotatable bonds is 6. The summed E-state index contributed by atoms with van der Waals surface area (Å²) in [6, 6.07) is 5.73. The Kier molecular flexibility index (Phi) is 7.26. The highest BCUT2D eigenvalue weighted by Gasteiger charge is 2.40. The van der Waals surface area contributed by atoms with Gasteiger partial charge in [0.05, 0.1) is 12.2 Å². The summed E-state index contributed by atoms with van der Waals surface area (Å²) in [6.07, 6.45) is 2.59. The van der Waals surface area contributed by atoms with Crippen molar-refractivity contribution < 1.29 is 18.4 Å². The minimum Gasteiger partial charge on any atom is -0.341 e. The predicted molar refractivity (Wildman–Crippen MR) is 142 cm³/mol. The molecule has 1 aromatic heterocycles. The molecule has 2 saturated heterocycles. The van der Waals surface area contributed by atoms with E-state index >= 15 is 0 Å². The third-order valence-electron chi connectivity index (χ3n) is 8.10. The molecular formula is C29H37F2N5O2. The second-order valence-electron chi connectivity index (χ2n) is 12.0. The second kappa shape index (κ2) is 10.3. The number of pyridine rings is 1. The van der Waals surface area contributed by atoms with Gasteiger partial charge >= 0.3 is 0 Å². The molecule has 204 valence electrons. The summed E-state index contributed by atoms with van der Waals surface area (Å²) in [5, 5.41) is 3.51. The number of halogens is 2. The molecule has 3 atom stereocenters. The Morgan fingerprint density at radius 2 is 1.97 bits per heavy atom. The predicted octanol–water partition coefficient (Wildman–Crippen LogP) is 3.11. The smallest absolute Gasteiger partial charge is 0.241 e. The Morgan fingerprint density at radius 1 is 1.18 bits per heavy atom. The molecule has 0 unspecified atom stereocenters. The van der Waals surface area contributed by atoms with Crippen LogP contribution in [0.25, 0.3) is 0 Å². The zero-order valence-electron chi connectivity index (χ0n) is 22.6. The van der Waals surface area contributed by atoms with E-state index in [1.165, 1.54) is 12.1 Å². The highest BCUT2D eigenvalue weighted by molar-refractivity contribution is 5.97. The molecule has 0 aliphatic carbocycles. The zero-order chi connectivity index (χ0) is 27.2. The van der Waals surface area contributed by atoms with Gasteiger partial charge < -0.3 is 15.1 Å². The molecule has 1 N–H and O–H groups in total. The SMILES string of the molecule is C[C@@H]1CC(=O)N(C[C@H]2CN[C@H](C)CN2CC(=O)N2CC(C)(C)c3cnc(Cc4ccc(F)cc4F)cc32)C1. The molecule has 0 radical (unpaired) electrons. The first-order chi connectivity index (χ1) is 18.0. The van der Waals surface area contributed by atoms with Crippen molar-refractivity contribution in [2.45, 2.75) is 58.0 Å². The van der Waals surface area contributed by atoms with Gasteiger partial charge in [0.25, 0.3) is 0 Å². The molecule has 38 heavy (non-hydrogen) atoms. The largest absolute Gasteiger partial charge is 0.341 e. The van der Waals surface area contributed by atoms with Gasteiger partial charge in [0.2, 0.25) is 11.8 Å². The van der Waals surface area contributed by atoms with Crippen LogP contribution in [0.1, 0.15) is 50.9 Å². The fraction of sp³-hybridized carbons (Fsp3) is 0.552. The number of fused-ring (bicyclic) bond motifs is 1. The van der Waals surface area contributed by atoms with Crippen molar-refractivity contribution in [1.29, 1.82) is 0 Å². The minimum atomic E-state index is -0.615. The van der Waals surface area contributed by atoms with Crippen molar-refractivity contribution in [3.05, 3.63) is 58.9 Å². The van der Waals surface area contributed by atoms with E-state index in [9.17, 15) is 18.4 Å². The molecule has 1 aromatic carbocycles. The summed E-state index contributed by atoms with van der Waals surface area (Å²) in [6.45, 7) is 12.0. The fourth-order valence-corrected chi connectivity index (χ4v) is 6.04. The fourth-order valence-electron chi connectivity index (χ4n) is 6.04.